The van der Waals surface area contributed by atoms with Crippen LogP contribution in [0.25, 0.3) is 10.9 Å². The first-order valence-corrected chi connectivity index (χ1v) is 7.11. The predicted octanol–water partition coefficient (Wildman–Crippen LogP) is 3.12. The van der Waals surface area contributed by atoms with E-state index in [1.807, 2.05) is 6.07 Å². The minimum atomic E-state index is 0.915. The SMILES string of the molecule is c1ccc2c(c1)CCN(Cc1n[nH]c3ccccc13)C2. The molecular weight excluding hydrogens is 246 g/mol. The molecule has 3 aromatic rings. The van der Waals surface area contributed by atoms with Crippen molar-refractivity contribution in [2.24, 2.45) is 0 Å². The molecule has 2 heterocycles. The lowest BCUT2D eigenvalue weighted by Gasteiger charge is -2.28. The van der Waals surface area contributed by atoms with Gasteiger partial charge in [-0.25, -0.2) is 0 Å². The number of hydrogen-bond donors (Lipinski definition) is 1. The maximum atomic E-state index is 4.48. The van der Waals surface area contributed by atoms with Gasteiger partial charge >= 0.3 is 0 Å². The largest absolute Gasteiger partial charge is 0.293 e. The fourth-order valence-electron chi connectivity index (χ4n) is 3.04. The zero-order valence-corrected chi connectivity index (χ0v) is 11.3. The molecule has 3 nitrogen and oxygen atoms in total. The lowest BCUT2D eigenvalue weighted by atomic mass is 10.00. The van der Waals surface area contributed by atoms with Crippen molar-refractivity contribution in [3.63, 3.8) is 0 Å². The van der Waals surface area contributed by atoms with Crippen molar-refractivity contribution in [2.45, 2.75) is 19.5 Å². The van der Waals surface area contributed by atoms with Gasteiger partial charge in [0.2, 0.25) is 0 Å². The van der Waals surface area contributed by atoms with Crippen LogP contribution >= 0.6 is 0 Å². The highest BCUT2D eigenvalue weighted by Gasteiger charge is 2.17. The lowest BCUT2D eigenvalue weighted by molar-refractivity contribution is 0.243. The van der Waals surface area contributed by atoms with Crippen LogP contribution in [0.3, 0.4) is 0 Å². The van der Waals surface area contributed by atoms with Crippen LogP contribution in [0, 0.1) is 0 Å². The Morgan fingerprint density at radius 2 is 1.80 bits per heavy atom. The Hall–Kier alpha value is -2.13. The second-order valence-electron chi connectivity index (χ2n) is 5.45. The molecule has 0 radical (unpaired) electrons. The number of nitrogens with zero attached hydrogens (tertiary/aromatic N) is 2. The molecule has 1 aliphatic heterocycles. The quantitative estimate of drug-likeness (QED) is 0.770. The molecule has 1 N–H and O–H groups in total. The minimum absolute atomic E-state index is 0.915. The van der Waals surface area contributed by atoms with Gasteiger partial charge in [-0.2, -0.15) is 5.10 Å². The number of para-hydroxylation sites is 1. The highest BCUT2D eigenvalue weighted by atomic mass is 15.2. The van der Waals surface area contributed by atoms with Crippen molar-refractivity contribution in [1.82, 2.24) is 15.1 Å². The first kappa shape index (κ1) is 11.7. The van der Waals surface area contributed by atoms with Gasteiger partial charge in [-0.05, 0) is 23.6 Å². The van der Waals surface area contributed by atoms with Crippen molar-refractivity contribution < 1.29 is 0 Å². The van der Waals surface area contributed by atoms with Crippen molar-refractivity contribution in [3.8, 4) is 0 Å². The van der Waals surface area contributed by atoms with Crippen molar-refractivity contribution >= 4 is 10.9 Å². The summed E-state index contributed by atoms with van der Waals surface area (Å²) >= 11 is 0. The van der Waals surface area contributed by atoms with Gasteiger partial charge in [0, 0.05) is 25.0 Å². The molecule has 3 heteroatoms. The van der Waals surface area contributed by atoms with E-state index < -0.39 is 0 Å². The molecule has 4 rings (SSSR count). The van der Waals surface area contributed by atoms with E-state index in [9.17, 15) is 0 Å². The molecule has 0 aliphatic carbocycles. The number of nitrogens with one attached hydrogen (secondary N) is 1. The number of rotatable bonds is 2. The van der Waals surface area contributed by atoms with E-state index in [0.717, 1.165) is 37.3 Å². The van der Waals surface area contributed by atoms with Crippen molar-refractivity contribution in [3.05, 3.63) is 65.4 Å². The maximum absolute atomic E-state index is 4.48. The van der Waals surface area contributed by atoms with E-state index in [2.05, 4.69) is 57.6 Å². The Labute approximate surface area is 118 Å². The summed E-state index contributed by atoms with van der Waals surface area (Å²) in [4.78, 5) is 2.48. The molecule has 0 amide bonds. The third-order valence-corrected chi connectivity index (χ3v) is 4.13. The summed E-state index contributed by atoms with van der Waals surface area (Å²) in [6.07, 6.45) is 1.14. The van der Waals surface area contributed by atoms with Gasteiger partial charge in [0.1, 0.15) is 0 Å². The van der Waals surface area contributed by atoms with E-state index in [1.165, 1.54) is 16.5 Å². The Morgan fingerprint density at radius 3 is 2.75 bits per heavy atom. The molecule has 0 bridgehead atoms. The first-order valence-electron chi connectivity index (χ1n) is 7.11. The summed E-state index contributed by atoms with van der Waals surface area (Å²) in [7, 11) is 0. The first-order chi connectivity index (χ1) is 9.90. The highest BCUT2D eigenvalue weighted by molar-refractivity contribution is 5.81. The normalized spacial score (nSPS) is 15.4. The fraction of sp³-hybridized carbons (Fsp3) is 0.235. The van der Waals surface area contributed by atoms with E-state index in [-0.39, 0.29) is 0 Å². The van der Waals surface area contributed by atoms with Gasteiger partial charge in [-0.1, -0.05) is 42.5 Å². The monoisotopic (exact) mass is 263 g/mol. The Morgan fingerprint density at radius 1 is 1.00 bits per heavy atom. The summed E-state index contributed by atoms with van der Waals surface area (Å²) in [6, 6.07) is 17.1. The maximum Gasteiger partial charge on any atom is 0.0841 e. The van der Waals surface area contributed by atoms with E-state index in [1.54, 1.807) is 0 Å². The third-order valence-electron chi connectivity index (χ3n) is 4.13. The number of aromatic nitrogens is 2. The van der Waals surface area contributed by atoms with Crippen molar-refractivity contribution in [2.75, 3.05) is 6.54 Å². The number of hydrogen-bond acceptors (Lipinski definition) is 2. The van der Waals surface area contributed by atoms with Gasteiger partial charge in [0.15, 0.2) is 0 Å². The zero-order valence-electron chi connectivity index (χ0n) is 11.3. The lowest BCUT2D eigenvalue weighted by Crippen LogP contribution is -2.30. The van der Waals surface area contributed by atoms with Crippen molar-refractivity contribution in [1.29, 1.82) is 0 Å². The Balaban J connectivity index is 1.59. The topological polar surface area (TPSA) is 31.9 Å². The number of H-pyrrole nitrogens is 1. The van der Waals surface area contributed by atoms with Crippen LogP contribution in [-0.2, 0) is 19.5 Å². The molecule has 1 aliphatic rings. The van der Waals surface area contributed by atoms with Crippen LogP contribution in [-0.4, -0.2) is 21.6 Å². The van der Waals surface area contributed by atoms with Gasteiger partial charge in [-0.3, -0.25) is 10.00 Å². The van der Waals surface area contributed by atoms with E-state index >= 15 is 0 Å². The highest BCUT2D eigenvalue weighted by Crippen LogP contribution is 2.22. The summed E-state index contributed by atoms with van der Waals surface area (Å²) in [5.74, 6) is 0. The number of fused-ring (bicyclic) bond motifs is 2. The standard InChI is InChI=1S/C17H17N3/c1-2-6-14-11-20(10-9-13(14)5-1)12-17-15-7-3-4-8-16(15)18-19-17/h1-8H,9-12H2,(H,18,19). The average Bonchev–Trinajstić information content (AvgIpc) is 2.91. The average molecular weight is 263 g/mol. The molecular formula is C17H17N3. The predicted molar refractivity (Wildman–Crippen MR) is 80.4 cm³/mol. The molecule has 0 unspecified atom stereocenters. The van der Waals surface area contributed by atoms with Gasteiger partial charge < -0.3 is 0 Å². The Kier molecular flexibility index (Phi) is 2.78. The molecule has 0 spiro atoms. The summed E-state index contributed by atoms with van der Waals surface area (Å²) in [6.45, 7) is 3.05. The molecule has 20 heavy (non-hydrogen) atoms. The second kappa shape index (κ2) is 4.76. The molecule has 0 atom stereocenters. The Bertz CT molecular complexity index is 745. The van der Waals surface area contributed by atoms with Gasteiger partial charge in [0.05, 0.1) is 11.2 Å². The summed E-state index contributed by atoms with van der Waals surface area (Å²) < 4.78 is 0. The smallest absolute Gasteiger partial charge is 0.0841 e. The summed E-state index contributed by atoms with van der Waals surface area (Å²) in [5, 5.41) is 8.84. The molecule has 100 valence electrons. The number of benzene rings is 2. The molecule has 0 fully saturated rings. The molecule has 0 saturated carbocycles. The van der Waals surface area contributed by atoms with E-state index in [4.69, 9.17) is 0 Å². The van der Waals surface area contributed by atoms with Crippen LogP contribution in [0.2, 0.25) is 0 Å². The van der Waals surface area contributed by atoms with Crippen LogP contribution in [0.1, 0.15) is 16.8 Å². The molecule has 2 aromatic carbocycles. The van der Waals surface area contributed by atoms with Crippen LogP contribution in [0.4, 0.5) is 0 Å². The zero-order chi connectivity index (χ0) is 13.4. The fourth-order valence-corrected chi connectivity index (χ4v) is 3.04. The summed E-state index contributed by atoms with van der Waals surface area (Å²) in [5.41, 5.74) is 5.23. The van der Waals surface area contributed by atoms with Crippen LogP contribution < -0.4 is 0 Å². The van der Waals surface area contributed by atoms with Crippen LogP contribution in [0.5, 0.6) is 0 Å². The number of aromatic amines is 1. The second-order valence-corrected chi connectivity index (χ2v) is 5.45. The van der Waals surface area contributed by atoms with E-state index in [0.29, 0.717) is 0 Å². The minimum Gasteiger partial charge on any atom is -0.293 e. The third kappa shape index (κ3) is 2.00. The molecule has 0 saturated heterocycles. The van der Waals surface area contributed by atoms with Gasteiger partial charge in [0.25, 0.3) is 0 Å². The molecule has 1 aromatic heterocycles. The van der Waals surface area contributed by atoms with Gasteiger partial charge in [-0.15, -0.1) is 0 Å². The van der Waals surface area contributed by atoms with Crippen LogP contribution in [0.15, 0.2) is 48.5 Å².